The zero-order chi connectivity index (χ0) is 26.4. The highest BCUT2D eigenvalue weighted by Gasteiger charge is 2.21. The van der Waals surface area contributed by atoms with E-state index in [9.17, 15) is 9.18 Å². The van der Waals surface area contributed by atoms with E-state index in [0.29, 0.717) is 5.69 Å². The van der Waals surface area contributed by atoms with Crippen molar-refractivity contribution in [1.82, 2.24) is 20.2 Å². The van der Waals surface area contributed by atoms with Gasteiger partial charge in [-0.2, -0.15) is 5.10 Å². The Morgan fingerprint density at radius 3 is 2.50 bits per heavy atom. The number of halogens is 1. The molecule has 0 radical (unpaired) electrons. The third kappa shape index (κ3) is 4.32. The lowest BCUT2D eigenvalue weighted by molar-refractivity contribution is -0.123. The molecule has 0 aliphatic heterocycles. The number of fused-ring (bicyclic) bond motifs is 2. The van der Waals surface area contributed by atoms with Crippen molar-refractivity contribution in [3.05, 3.63) is 91.0 Å². The molecule has 1 amide bonds. The van der Waals surface area contributed by atoms with Gasteiger partial charge >= 0.3 is 0 Å². The van der Waals surface area contributed by atoms with Crippen molar-refractivity contribution in [2.45, 2.75) is 20.8 Å². The predicted molar refractivity (Wildman–Crippen MR) is 150 cm³/mol. The molecule has 3 aromatic carbocycles. The molecule has 0 atom stereocenters. The van der Waals surface area contributed by atoms with Gasteiger partial charge in [-0.3, -0.25) is 14.9 Å². The number of hydrogen-bond acceptors (Lipinski definition) is 3. The maximum atomic E-state index is 13.9. The van der Waals surface area contributed by atoms with E-state index in [-0.39, 0.29) is 11.7 Å². The Morgan fingerprint density at radius 1 is 0.842 bits per heavy atom. The van der Waals surface area contributed by atoms with Crippen LogP contribution < -0.4 is 5.32 Å². The number of rotatable bonds is 4. The number of anilines is 1. The van der Waals surface area contributed by atoms with Gasteiger partial charge in [0.15, 0.2) is 0 Å². The van der Waals surface area contributed by atoms with E-state index < -0.39 is 5.41 Å². The van der Waals surface area contributed by atoms with Gasteiger partial charge in [-0.15, -0.1) is 0 Å². The van der Waals surface area contributed by atoms with Crippen molar-refractivity contribution in [3.63, 3.8) is 0 Å². The fourth-order valence-corrected chi connectivity index (χ4v) is 4.57. The monoisotopic (exact) mass is 503 g/mol. The van der Waals surface area contributed by atoms with Crippen LogP contribution in [0.15, 0.2) is 85.2 Å². The summed E-state index contributed by atoms with van der Waals surface area (Å²) >= 11 is 0. The number of aromatic amines is 2. The van der Waals surface area contributed by atoms with E-state index in [2.05, 4.69) is 37.6 Å². The first-order chi connectivity index (χ1) is 18.3. The predicted octanol–water partition coefficient (Wildman–Crippen LogP) is 7.56. The van der Waals surface area contributed by atoms with Crippen LogP contribution in [0.2, 0.25) is 0 Å². The summed E-state index contributed by atoms with van der Waals surface area (Å²) in [6, 6.07) is 22.6. The lowest BCUT2D eigenvalue weighted by Crippen LogP contribution is -2.27. The Balaban J connectivity index is 1.40. The molecule has 0 aliphatic rings. The van der Waals surface area contributed by atoms with Crippen molar-refractivity contribution in [2.75, 3.05) is 5.32 Å². The number of carbonyl (C=O) groups excluding carboxylic acids is 1. The van der Waals surface area contributed by atoms with Gasteiger partial charge in [0, 0.05) is 33.5 Å². The van der Waals surface area contributed by atoms with Gasteiger partial charge in [-0.1, -0.05) is 51.1 Å². The molecule has 0 bridgehead atoms. The van der Waals surface area contributed by atoms with Gasteiger partial charge in [0.1, 0.15) is 11.5 Å². The highest BCUT2D eigenvalue weighted by Crippen LogP contribution is 2.35. The minimum atomic E-state index is -0.505. The van der Waals surface area contributed by atoms with E-state index in [4.69, 9.17) is 0 Å². The van der Waals surface area contributed by atoms with Crippen LogP contribution >= 0.6 is 0 Å². The van der Waals surface area contributed by atoms with E-state index in [0.717, 1.165) is 55.4 Å². The second-order valence-electron chi connectivity index (χ2n) is 10.5. The number of pyridine rings is 1. The standard InChI is InChI=1S/C31H26FN5O/c1-31(2,3)30(38)34-22-13-20(16-33-17-22)18-10-11-27-25(14-18)29(37-36-27)28-15-24-23(8-5-9-26(24)35-28)19-6-4-7-21(32)12-19/h4-17,35H,1-3H3,(H,34,38)(H,36,37). The lowest BCUT2D eigenvalue weighted by atomic mass is 9.95. The number of nitrogens with zero attached hydrogens (tertiary/aromatic N) is 2. The Hall–Kier alpha value is -4.78. The summed E-state index contributed by atoms with van der Waals surface area (Å²) in [6.07, 6.45) is 3.43. The van der Waals surface area contributed by atoms with Crippen LogP contribution in [0.4, 0.5) is 10.1 Å². The third-order valence-electron chi connectivity index (χ3n) is 6.63. The summed E-state index contributed by atoms with van der Waals surface area (Å²) in [5.41, 5.74) is 7.24. The van der Waals surface area contributed by atoms with Gasteiger partial charge in [0.2, 0.25) is 5.91 Å². The average Bonchev–Trinajstić information content (AvgIpc) is 3.52. The first-order valence-electron chi connectivity index (χ1n) is 12.4. The normalized spacial score (nSPS) is 11.8. The van der Waals surface area contributed by atoms with Crippen molar-refractivity contribution in [3.8, 4) is 33.6 Å². The summed E-state index contributed by atoms with van der Waals surface area (Å²) in [6.45, 7) is 5.62. The second-order valence-corrected chi connectivity index (χ2v) is 10.5. The van der Waals surface area contributed by atoms with Gasteiger partial charge in [-0.25, -0.2) is 4.39 Å². The molecular weight excluding hydrogens is 477 g/mol. The molecule has 7 heteroatoms. The summed E-state index contributed by atoms with van der Waals surface area (Å²) in [5, 5.41) is 12.6. The van der Waals surface area contributed by atoms with Crippen LogP contribution in [0.25, 0.3) is 55.4 Å². The second kappa shape index (κ2) is 8.95. The molecule has 6 rings (SSSR count). The molecule has 0 spiro atoms. The SMILES string of the molecule is CC(C)(C)C(=O)Nc1cncc(-c2ccc3[nH]nc(-c4cc5c(-c6cccc(F)c6)cccc5[nH]4)c3c2)c1. The van der Waals surface area contributed by atoms with Crippen LogP contribution in [-0.2, 0) is 4.79 Å². The minimum absolute atomic E-state index is 0.0690. The molecule has 3 aromatic heterocycles. The van der Waals surface area contributed by atoms with Gasteiger partial charge in [-0.05, 0) is 59.2 Å². The van der Waals surface area contributed by atoms with E-state index in [1.165, 1.54) is 6.07 Å². The molecule has 0 saturated heterocycles. The fourth-order valence-electron chi connectivity index (χ4n) is 4.57. The highest BCUT2D eigenvalue weighted by atomic mass is 19.1. The molecular formula is C31H26FN5O. The summed E-state index contributed by atoms with van der Waals surface area (Å²) in [4.78, 5) is 20.3. The average molecular weight is 504 g/mol. The maximum absolute atomic E-state index is 13.9. The number of nitrogens with one attached hydrogen (secondary N) is 3. The Morgan fingerprint density at radius 2 is 1.68 bits per heavy atom. The van der Waals surface area contributed by atoms with Crippen molar-refractivity contribution >= 4 is 33.4 Å². The first kappa shape index (κ1) is 23.6. The zero-order valence-corrected chi connectivity index (χ0v) is 21.3. The summed E-state index contributed by atoms with van der Waals surface area (Å²) in [7, 11) is 0. The highest BCUT2D eigenvalue weighted by molar-refractivity contribution is 6.02. The Labute approximate surface area is 218 Å². The van der Waals surface area contributed by atoms with E-state index >= 15 is 0 Å². The molecule has 3 heterocycles. The molecule has 0 aliphatic carbocycles. The van der Waals surface area contributed by atoms with E-state index in [1.54, 1.807) is 24.5 Å². The summed E-state index contributed by atoms with van der Waals surface area (Å²) in [5.74, 6) is -0.335. The fraction of sp³-hybridized carbons (Fsp3) is 0.129. The van der Waals surface area contributed by atoms with Crippen LogP contribution in [0.3, 0.4) is 0 Å². The number of H-pyrrole nitrogens is 2. The molecule has 38 heavy (non-hydrogen) atoms. The van der Waals surface area contributed by atoms with Crippen molar-refractivity contribution in [1.29, 1.82) is 0 Å². The molecule has 6 nitrogen and oxygen atoms in total. The molecule has 188 valence electrons. The Bertz CT molecular complexity index is 1830. The quantitative estimate of drug-likeness (QED) is 0.232. The van der Waals surface area contributed by atoms with Crippen LogP contribution in [0.1, 0.15) is 20.8 Å². The minimum Gasteiger partial charge on any atom is -0.353 e. The number of aromatic nitrogens is 4. The smallest absolute Gasteiger partial charge is 0.229 e. The van der Waals surface area contributed by atoms with Gasteiger partial charge in [0.25, 0.3) is 0 Å². The van der Waals surface area contributed by atoms with Crippen molar-refractivity contribution < 1.29 is 9.18 Å². The largest absolute Gasteiger partial charge is 0.353 e. The molecule has 0 saturated carbocycles. The van der Waals surface area contributed by atoms with Gasteiger partial charge in [0.05, 0.1) is 23.1 Å². The molecule has 6 aromatic rings. The Kier molecular flexibility index (Phi) is 5.56. The molecule has 0 fully saturated rings. The topological polar surface area (TPSA) is 86.5 Å². The van der Waals surface area contributed by atoms with Crippen LogP contribution in [0.5, 0.6) is 0 Å². The number of hydrogen-bond donors (Lipinski definition) is 3. The van der Waals surface area contributed by atoms with Crippen LogP contribution in [0, 0.1) is 11.2 Å². The zero-order valence-electron chi connectivity index (χ0n) is 21.3. The summed E-state index contributed by atoms with van der Waals surface area (Å²) < 4.78 is 13.9. The van der Waals surface area contributed by atoms with Crippen LogP contribution in [-0.4, -0.2) is 26.1 Å². The van der Waals surface area contributed by atoms with E-state index in [1.807, 2.05) is 63.2 Å². The molecule has 0 unspecified atom stereocenters. The van der Waals surface area contributed by atoms with Gasteiger partial charge < -0.3 is 10.3 Å². The number of benzene rings is 3. The third-order valence-corrected chi connectivity index (χ3v) is 6.63. The first-order valence-corrected chi connectivity index (χ1v) is 12.4. The van der Waals surface area contributed by atoms with Crippen molar-refractivity contribution in [2.24, 2.45) is 5.41 Å². The maximum Gasteiger partial charge on any atom is 0.229 e. The number of amides is 1. The molecule has 3 N–H and O–H groups in total. The number of carbonyl (C=O) groups is 1. The lowest BCUT2D eigenvalue weighted by Gasteiger charge is -2.17.